The van der Waals surface area contributed by atoms with Gasteiger partial charge in [0.25, 0.3) is 0 Å². The molecule has 0 bridgehead atoms. The van der Waals surface area contributed by atoms with Crippen LogP contribution in [0.15, 0.2) is 65.2 Å². The van der Waals surface area contributed by atoms with Crippen LogP contribution in [0.4, 0.5) is 0 Å². The van der Waals surface area contributed by atoms with Crippen molar-refractivity contribution in [3.8, 4) is 11.5 Å². The van der Waals surface area contributed by atoms with Crippen LogP contribution in [-0.2, 0) is 26.1 Å². The van der Waals surface area contributed by atoms with E-state index in [4.69, 9.17) is 4.74 Å². The molecule has 200 valence electrons. The van der Waals surface area contributed by atoms with Crippen LogP contribution in [0.5, 0.6) is 0 Å². The van der Waals surface area contributed by atoms with Gasteiger partial charge in [-0.2, -0.15) is 4.31 Å². The van der Waals surface area contributed by atoms with Crippen molar-refractivity contribution in [1.82, 2.24) is 4.31 Å². The van der Waals surface area contributed by atoms with Crippen LogP contribution >= 0.6 is 15.9 Å². The molecule has 0 spiro atoms. The Hall–Kier alpha value is -1.97. The second kappa shape index (κ2) is 12.7. The summed E-state index contributed by atoms with van der Waals surface area (Å²) in [6, 6.07) is 14.6. The monoisotopic (exact) mass is 619 g/mol. The van der Waals surface area contributed by atoms with E-state index >= 15 is 0 Å². The van der Waals surface area contributed by atoms with Gasteiger partial charge in [-0.1, -0.05) is 98.0 Å². The lowest BCUT2D eigenvalue weighted by molar-refractivity contribution is -0.136. The molecule has 5 nitrogen and oxygen atoms in total. The molecule has 2 rings (SSSR count). The van der Waals surface area contributed by atoms with Crippen molar-refractivity contribution in [3.63, 3.8) is 0 Å². The fraction of sp³-hybridized carbons (Fsp3) is 0.393. The molecule has 0 saturated carbocycles. The normalized spacial score (nSPS) is 13.0. The molecule has 37 heavy (non-hydrogen) atoms. The lowest BCUT2D eigenvalue weighted by atomic mass is 9.98. The Balaban J connectivity index is 2.66. The van der Waals surface area contributed by atoms with Crippen LogP contribution in [0.2, 0.25) is 45.3 Å². The molecule has 0 heterocycles. The molecular formula is C28H38BrNO4SSi2. The molecule has 1 atom stereocenters. The van der Waals surface area contributed by atoms with Crippen LogP contribution < -0.4 is 0 Å². The van der Waals surface area contributed by atoms with E-state index in [9.17, 15) is 13.2 Å². The Morgan fingerprint density at radius 1 is 1.05 bits per heavy atom. The van der Waals surface area contributed by atoms with Crippen molar-refractivity contribution in [1.29, 1.82) is 0 Å². The van der Waals surface area contributed by atoms with Crippen molar-refractivity contribution in [3.05, 3.63) is 81.8 Å². The highest BCUT2D eigenvalue weighted by Crippen LogP contribution is 2.34. The third kappa shape index (κ3) is 9.69. The van der Waals surface area contributed by atoms with Crippen LogP contribution in [0, 0.1) is 11.5 Å². The average molecular weight is 621 g/mol. The molecule has 0 fully saturated rings. The maximum Gasteiger partial charge on any atom is 0.335 e. The summed E-state index contributed by atoms with van der Waals surface area (Å²) in [6.07, 6.45) is 0. The Morgan fingerprint density at radius 3 is 2.16 bits per heavy atom. The Bertz CT molecular complexity index is 1280. The van der Waals surface area contributed by atoms with Gasteiger partial charge < -0.3 is 4.74 Å². The van der Waals surface area contributed by atoms with Crippen LogP contribution in [0.1, 0.15) is 22.7 Å². The summed E-state index contributed by atoms with van der Waals surface area (Å²) in [4.78, 5) is 12.7. The SMILES string of the molecule is C=C(C(=O)OC)C(c1ccc(C#C[Si](C)(C)C)cc1)N(Cc1ccccc1Br)S(=O)(=O)CC[Si](C)(C)C. The van der Waals surface area contributed by atoms with E-state index in [1.54, 1.807) is 0 Å². The Morgan fingerprint density at radius 2 is 1.65 bits per heavy atom. The minimum absolute atomic E-state index is 0.00209. The maximum absolute atomic E-state index is 13.9. The fourth-order valence-electron chi connectivity index (χ4n) is 3.49. The van der Waals surface area contributed by atoms with E-state index in [1.165, 1.54) is 11.4 Å². The van der Waals surface area contributed by atoms with Crippen LogP contribution in [0.25, 0.3) is 0 Å². The molecule has 0 aliphatic heterocycles. The fourth-order valence-corrected chi connectivity index (χ4v) is 9.04. The number of methoxy groups -OCH3 is 1. The van der Waals surface area contributed by atoms with Gasteiger partial charge in [0, 0.05) is 24.7 Å². The summed E-state index contributed by atoms with van der Waals surface area (Å²) >= 11 is 3.55. The number of halogens is 1. The van der Waals surface area contributed by atoms with Crippen molar-refractivity contribution in [2.45, 2.75) is 57.9 Å². The number of sulfonamides is 1. The second-order valence-electron chi connectivity index (χ2n) is 11.3. The number of rotatable bonds is 10. The average Bonchev–Trinajstić information content (AvgIpc) is 2.81. The predicted molar refractivity (Wildman–Crippen MR) is 162 cm³/mol. The van der Waals surface area contributed by atoms with Gasteiger partial charge in [0.15, 0.2) is 0 Å². The largest absolute Gasteiger partial charge is 0.466 e. The lowest BCUT2D eigenvalue weighted by Gasteiger charge is -2.33. The van der Waals surface area contributed by atoms with Crippen molar-refractivity contribution >= 4 is 48.1 Å². The smallest absolute Gasteiger partial charge is 0.335 e. The number of hydrogen-bond acceptors (Lipinski definition) is 4. The summed E-state index contributed by atoms with van der Waals surface area (Å²) in [5.74, 6) is 2.57. The van der Waals surface area contributed by atoms with Crippen molar-refractivity contribution < 1.29 is 17.9 Å². The number of hydrogen-bond donors (Lipinski definition) is 0. The molecule has 2 aromatic carbocycles. The van der Waals surface area contributed by atoms with Gasteiger partial charge in [-0.05, 0) is 35.4 Å². The minimum Gasteiger partial charge on any atom is -0.466 e. The number of benzene rings is 2. The number of carbonyl (C=O) groups is 1. The lowest BCUT2D eigenvalue weighted by Crippen LogP contribution is -2.40. The highest BCUT2D eigenvalue weighted by Gasteiger charge is 2.36. The molecule has 0 aromatic heterocycles. The molecular weight excluding hydrogens is 582 g/mol. The molecule has 2 aromatic rings. The summed E-state index contributed by atoms with van der Waals surface area (Å²) in [5.41, 5.74) is 5.67. The summed E-state index contributed by atoms with van der Waals surface area (Å²) in [6.45, 7) is 17.0. The molecule has 0 amide bonds. The van der Waals surface area contributed by atoms with E-state index in [0.29, 0.717) is 11.6 Å². The summed E-state index contributed by atoms with van der Waals surface area (Å²) in [7, 11) is -5.73. The van der Waals surface area contributed by atoms with E-state index in [-0.39, 0.29) is 17.9 Å². The molecule has 0 saturated heterocycles. The topological polar surface area (TPSA) is 63.7 Å². The van der Waals surface area contributed by atoms with Gasteiger partial charge in [-0.3, -0.25) is 0 Å². The molecule has 0 N–H and O–H groups in total. The summed E-state index contributed by atoms with van der Waals surface area (Å²) < 4.78 is 35.0. The standard InChI is InChI=1S/C28H38BrNO4SSi2/c1-22(28(31)34-2)27(24-15-13-23(14-16-24)17-19-36(3,4)5)30(21-25-11-9-10-12-26(25)29)35(32,33)18-20-37(6,7)8/h9-16,27H,1,18,20-21H2,2-8H3. The van der Waals surface area contributed by atoms with Crippen molar-refractivity contribution in [2.24, 2.45) is 0 Å². The molecule has 1 unspecified atom stereocenters. The van der Waals surface area contributed by atoms with Crippen LogP contribution in [0.3, 0.4) is 0 Å². The third-order valence-corrected chi connectivity index (χ3v) is 11.2. The first-order valence-electron chi connectivity index (χ1n) is 12.2. The molecule has 0 aliphatic rings. The zero-order valence-electron chi connectivity index (χ0n) is 22.9. The van der Waals surface area contributed by atoms with Gasteiger partial charge in [0.1, 0.15) is 8.07 Å². The maximum atomic E-state index is 13.9. The number of esters is 1. The van der Waals surface area contributed by atoms with Crippen molar-refractivity contribution in [2.75, 3.05) is 12.9 Å². The molecule has 9 heteroatoms. The minimum atomic E-state index is -3.79. The second-order valence-corrected chi connectivity index (χ2v) is 24.6. The van der Waals surface area contributed by atoms with E-state index < -0.39 is 38.2 Å². The zero-order valence-corrected chi connectivity index (χ0v) is 27.3. The summed E-state index contributed by atoms with van der Waals surface area (Å²) in [5, 5.41) is 0. The first-order valence-corrected chi connectivity index (χ1v) is 21.8. The van der Waals surface area contributed by atoms with Gasteiger partial charge >= 0.3 is 5.97 Å². The van der Waals surface area contributed by atoms with E-state index in [2.05, 4.69) is 73.3 Å². The predicted octanol–water partition coefficient (Wildman–Crippen LogP) is 6.62. The van der Waals surface area contributed by atoms with E-state index in [1.807, 2.05) is 48.5 Å². The van der Waals surface area contributed by atoms with Gasteiger partial charge in [0.2, 0.25) is 10.0 Å². The number of carbonyl (C=O) groups excluding carboxylic acids is 1. The number of nitrogens with zero attached hydrogens (tertiary/aromatic N) is 1. The number of ether oxygens (including phenoxy) is 1. The first-order chi connectivity index (χ1) is 17.0. The molecule has 0 radical (unpaired) electrons. The highest BCUT2D eigenvalue weighted by atomic mass is 79.9. The quantitative estimate of drug-likeness (QED) is 0.130. The van der Waals surface area contributed by atoms with Crippen LogP contribution in [-0.4, -0.2) is 47.7 Å². The first kappa shape index (κ1) is 31.3. The zero-order chi connectivity index (χ0) is 28.0. The molecule has 0 aliphatic carbocycles. The van der Waals surface area contributed by atoms with E-state index in [0.717, 1.165) is 15.6 Å². The van der Waals surface area contributed by atoms with Gasteiger partial charge in [-0.15, -0.1) is 5.54 Å². The Kier molecular flexibility index (Phi) is 10.7. The highest BCUT2D eigenvalue weighted by molar-refractivity contribution is 9.10. The van der Waals surface area contributed by atoms with Gasteiger partial charge in [0.05, 0.1) is 24.5 Å². The Labute approximate surface area is 233 Å². The van der Waals surface area contributed by atoms with Gasteiger partial charge in [-0.25, -0.2) is 13.2 Å². The third-order valence-electron chi connectivity index (χ3n) is 5.63.